The number of ether oxygens (including phenoxy) is 3. The second-order valence-electron chi connectivity index (χ2n) is 4.59. The molecule has 1 saturated heterocycles. The summed E-state index contributed by atoms with van der Waals surface area (Å²) in [6.45, 7) is 2.79. The highest BCUT2D eigenvalue weighted by molar-refractivity contribution is 6.42. The summed E-state index contributed by atoms with van der Waals surface area (Å²) in [6, 6.07) is 4.82. The molecule has 2 aliphatic heterocycles. The number of hydrogen-bond acceptors (Lipinski definition) is 5. The van der Waals surface area contributed by atoms with Gasteiger partial charge in [0.25, 0.3) is 11.7 Å². The largest absolute Gasteiger partial charge is 0.486 e. The van der Waals surface area contributed by atoms with Gasteiger partial charge in [-0.2, -0.15) is 0 Å². The maximum atomic E-state index is 12.2. The van der Waals surface area contributed by atoms with E-state index in [9.17, 15) is 9.59 Å². The molecule has 106 valence electrons. The van der Waals surface area contributed by atoms with Crippen LogP contribution in [0, 0.1) is 0 Å². The summed E-state index contributed by atoms with van der Waals surface area (Å²) in [5.74, 6) is 0.0948. The maximum Gasteiger partial charge on any atom is 0.295 e. The molecule has 0 N–H and O–H groups in total. The molecule has 20 heavy (non-hydrogen) atoms. The average molecular weight is 277 g/mol. The fourth-order valence-electron chi connectivity index (χ4n) is 2.22. The molecule has 0 atom stereocenters. The Morgan fingerprint density at radius 3 is 2.40 bits per heavy atom. The molecule has 3 rings (SSSR count). The zero-order valence-electron chi connectivity index (χ0n) is 11.0. The highest BCUT2D eigenvalue weighted by Crippen LogP contribution is 2.30. The lowest BCUT2D eigenvalue weighted by atomic mass is 10.1. The minimum Gasteiger partial charge on any atom is -0.486 e. The second-order valence-corrected chi connectivity index (χ2v) is 4.59. The number of fused-ring (bicyclic) bond motifs is 1. The third-order valence-corrected chi connectivity index (χ3v) is 3.30. The second kappa shape index (κ2) is 5.50. The van der Waals surface area contributed by atoms with Gasteiger partial charge in [0, 0.05) is 18.7 Å². The number of nitrogens with zero attached hydrogens (tertiary/aromatic N) is 1. The van der Waals surface area contributed by atoms with Gasteiger partial charge >= 0.3 is 0 Å². The lowest BCUT2D eigenvalue weighted by Gasteiger charge is -2.26. The minimum atomic E-state index is -0.524. The molecule has 0 aromatic heterocycles. The van der Waals surface area contributed by atoms with Crippen LogP contribution < -0.4 is 9.47 Å². The molecule has 6 nitrogen and oxygen atoms in total. The van der Waals surface area contributed by atoms with Gasteiger partial charge in [-0.15, -0.1) is 0 Å². The third kappa shape index (κ3) is 2.46. The molecule has 0 unspecified atom stereocenters. The van der Waals surface area contributed by atoms with E-state index < -0.39 is 11.7 Å². The van der Waals surface area contributed by atoms with E-state index in [0.717, 1.165) is 0 Å². The van der Waals surface area contributed by atoms with E-state index in [1.807, 2.05) is 0 Å². The molecule has 1 aromatic rings. The van der Waals surface area contributed by atoms with Crippen molar-refractivity contribution in [3.8, 4) is 11.5 Å². The monoisotopic (exact) mass is 277 g/mol. The van der Waals surface area contributed by atoms with Gasteiger partial charge in [-0.1, -0.05) is 0 Å². The predicted molar refractivity (Wildman–Crippen MR) is 69.2 cm³/mol. The van der Waals surface area contributed by atoms with Crippen LogP contribution in [0.2, 0.25) is 0 Å². The standard InChI is InChI=1S/C14H15NO5/c16-13(14(17)15-3-5-18-6-4-15)10-1-2-11-12(9-10)20-8-7-19-11/h1-2,9H,3-8H2. The van der Waals surface area contributed by atoms with Crippen LogP contribution in [0.3, 0.4) is 0 Å². The van der Waals surface area contributed by atoms with Crippen molar-refractivity contribution >= 4 is 11.7 Å². The van der Waals surface area contributed by atoms with Crippen LogP contribution in [0.5, 0.6) is 11.5 Å². The van der Waals surface area contributed by atoms with E-state index in [1.165, 1.54) is 4.90 Å². The summed E-state index contributed by atoms with van der Waals surface area (Å²) in [7, 11) is 0. The highest BCUT2D eigenvalue weighted by atomic mass is 16.6. The summed E-state index contributed by atoms with van der Waals surface area (Å²) in [4.78, 5) is 25.8. The Hall–Kier alpha value is -2.08. The van der Waals surface area contributed by atoms with E-state index in [0.29, 0.717) is 56.6 Å². The molecule has 1 amide bonds. The molecule has 0 spiro atoms. The predicted octanol–water partition coefficient (Wildman–Crippen LogP) is 0.499. The first kappa shape index (κ1) is 12.9. The van der Waals surface area contributed by atoms with Crippen molar-refractivity contribution in [3.05, 3.63) is 23.8 Å². The van der Waals surface area contributed by atoms with E-state index in [1.54, 1.807) is 18.2 Å². The van der Waals surface area contributed by atoms with Crippen molar-refractivity contribution in [1.29, 1.82) is 0 Å². The first-order valence-corrected chi connectivity index (χ1v) is 6.57. The van der Waals surface area contributed by atoms with Crippen LogP contribution in [-0.4, -0.2) is 56.1 Å². The number of ketones is 1. The summed E-state index contributed by atoms with van der Waals surface area (Å²) in [5.41, 5.74) is 0.325. The van der Waals surface area contributed by atoms with Crippen LogP contribution in [0.1, 0.15) is 10.4 Å². The molecule has 1 aromatic carbocycles. The van der Waals surface area contributed by atoms with E-state index in [4.69, 9.17) is 14.2 Å². The van der Waals surface area contributed by atoms with Crippen molar-refractivity contribution < 1.29 is 23.8 Å². The molecule has 1 fully saturated rings. The molecule has 2 aliphatic rings. The Balaban J connectivity index is 1.77. The number of hydrogen-bond donors (Lipinski definition) is 0. The van der Waals surface area contributed by atoms with Gasteiger partial charge in [0.2, 0.25) is 0 Å². The van der Waals surface area contributed by atoms with Gasteiger partial charge in [0.15, 0.2) is 11.5 Å². The van der Waals surface area contributed by atoms with Gasteiger partial charge < -0.3 is 19.1 Å². The average Bonchev–Trinajstić information content (AvgIpc) is 2.54. The Morgan fingerprint density at radius 1 is 0.950 bits per heavy atom. The molecule has 0 radical (unpaired) electrons. The number of rotatable bonds is 2. The van der Waals surface area contributed by atoms with Crippen molar-refractivity contribution in [2.45, 2.75) is 0 Å². The number of Topliss-reactive ketones (excluding diaryl/α,β-unsaturated/α-hetero) is 1. The summed E-state index contributed by atoms with van der Waals surface area (Å²) >= 11 is 0. The van der Waals surface area contributed by atoms with E-state index in [-0.39, 0.29) is 0 Å². The van der Waals surface area contributed by atoms with Crippen LogP contribution in [-0.2, 0) is 9.53 Å². The third-order valence-electron chi connectivity index (χ3n) is 3.30. The summed E-state index contributed by atoms with van der Waals surface area (Å²) in [6.07, 6.45) is 0. The number of carbonyl (C=O) groups excluding carboxylic acids is 2. The summed E-state index contributed by atoms with van der Waals surface area (Å²) in [5, 5.41) is 0. The zero-order valence-corrected chi connectivity index (χ0v) is 11.0. The van der Waals surface area contributed by atoms with Crippen molar-refractivity contribution in [2.75, 3.05) is 39.5 Å². The Bertz CT molecular complexity index is 536. The van der Waals surface area contributed by atoms with Gasteiger partial charge in [-0.3, -0.25) is 9.59 Å². The van der Waals surface area contributed by atoms with E-state index in [2.05, 4.69) is 0 Å². The van der Waals surface area contributed by atoms with Crippen LogP contribution in [0.25, 0.3) is 0 Å². The van der Waals surface area contributed by atoms with Crippen molar-refractivity contribution in [1.82, 2.24) is 4.90 Å². The fourth-order valence-corrected chi connectivity index (χ4v) is 2.22. The van der Waals surface area contributed by atoms with Gasteiger partial charge in [0.05, 0.1) is 13.2 Å². The SMILES string of the molecule is O=C(C(=O)N1CCOCC1)c1ccc2c(c1)OCCO2. The molecule has 0 bridgehead atoms. The Morgan fingerprint density at radius 2 is 1.65 bits per heavy atom. The molecule has 0 aliphatic carbocycles. The number of carbonyl (C=O) groups is 2. The first-order valence-electron chi connectivity index (χ1n) is 6.57. The van der Waals surface area contributed by atoms with Crippen LogP contribution in [0.15, 0.2) is 18.2 Å². The Labute approximate surface area is 116 Å². The first-order chi connectivity index (χ1) is 9.75. The van der Waals surface area contributed by atoms with Gasteiger partial charge in [-0.25, -0.2) is 0 Å². The van der Waals surface area contributed by atoms with Crippen LogP contribution >= 0.6 is 0 Å². The Kier molecular flexibility index (Phi) is 3.56. The maximum absolute atomic E-state index is 12.2. The minimum absolute atomic E-state index is 0.325. The lowest BCUT2D eigenvalue weighted by molar-refractivity contribution is -0.130. The summed E-state index contributed by atoms with van der Waals surface area (Å²) < 4.78 is 16.0. The molecule has 2 heterocycles. The van der Waals surface area contributed by atoms with Gasteiger partial charge in [-0.05, 0) is 18.2 Å². The zero-order chi connectivity index (χ0) is 13.9. The van der Waals surface area contributed by atoms with E-state index >= 15 is 0 Å². The number of benzene rings is 1. The topological polar surface area (TPSA) is 65.1 Å². The van der Waals surface area contributed by atoms with Gasteiger partial charge in [0.1, 0.15) is 13.2 Å². The molecule has 6 heteroatoms. The quantitative estimate of drug-likeness (QED) is 0.582. The van der Waals surface area contributed by atoms with Crippen LogP contribution in [0.4, 0.5) is 0 Å². The van der Waals surface area contributed by atoms with Crippen molar-refractivity contribution in [3.63, 3.8) is 0 Å². The highest BCUT2D eigenvalue weighted by Gasteiger charge is 2.26. The van der Waals surface area contributed by atoms with Crippen molar-refractivity contribution in [2.24, 2.45) is 0 Å². The lowest BCUT2D eigenvalue weighted by Crippen LogP contribution is -2.44. The normalized spacial score (nSPS) is 17.7. The smallest absolute Gasteiger partial charge is 0.295 e. The number of amides is 1. The number of morpholine rings is 1. The fraction of sp³-hybridized carbons (Fsp3) is 0.429. The molecular weight excluding hydrogens is 262 g/mol. The molecule has 0 saturated carbocycles. The molecular formula is C14H15NO5.